The maximum atomic E-state index is 11.5. The number of alkyl carbamates (subject to hydrolysis) is 1. The van der Waals surface area contributed by atoms with Gasteiger partial charge in [-0.15, -0.1) is 0 Å². The molecule has 0 unspecified atom stereocenters. The molecule has 18 heavy (non-hydrogen) atoms. The van der Waals surface area contributed by atoms with E-state index in [1.165, 1.54) is 0 Å². The molecule has 0 aliphatic heterocycles. The Morgan fingerprint density at radius 1 is 1.28 bits per heavy atom. The molecule has 100 valence electrons. The molecule has 1 amide bonds. The Labute approximate surface area is 108 Å². The molecule has 0 aliphatic rings. The van der Waals surface area contributed by atoms with Crippen molar-refractivity contribution in [2.75, 3.05) is 0 Å². The molecule has 0 spiro atoms. The van der Waals surface area contributed by atoms with Gasteiger partial charge in [-0.05, 0) is 63.4 Å². The highest BCUT2D eigenvalue weighted by Gasteiger charge is 2.16. The van der Waals surface area contributed by atoms with Gasteiger partial charge in [0.2, 0.25) is 0 Å². The zero-order valence-electron chi connectivity index (χ0n) is 11.6. The fourth-order valence-electron chi connectivity index (χ4n) is 1.72. The van der Waals surface area contributed by atoms with Crippen LogP contribution in [0.3, 0.4) is 0 Å². The van der Waals surface area contributed by atoms with Gasteiger partial charge in [0.1, 0.15) is 11.4 Å². The van der Waals surface area contributed by atoms with Gasteiger partial charge in [-0.1, -0.05) is 0 Å². The lowest BCUT2D eigenvalue weighted by Crippen LogP contribution is -2.32. The van der Waals surface area contributed by atoms with Crippen LogP contribution in [-0.2, 0) is 11.3 Å². The molecule has 1 rings (SSSR count). The van der Waals surface area contributed by atoms with E-state index in [9.17, 15) is 9.90 Å². The van der Waals surface area contributed by atoms with Crippen molar-refractivity contribution in [3.05, 3.63) is 28.8 Å². The van der Waals surface area contributed by atoms with Crippen LogP contribution in [0.25, 0.3) is 0 Å². The SMILES string of the molecule is Cc1cc(O)cc(C)c1CNC(=O)OC(C)(C)C. The highest BCUT2D eigenvalue weighted by atomic mass is 16.6. The van der Waals surface area contributed by atoms with Crippen molar-refractivity contribution in [2.24, 2.45) is 0 Å². The van der Waals surface area contributed by atoms with E-state index in [-0.39, 0.29) is 5.75 Å². The monoisotopic (exact) mass is 251 g/mol. The third-order valence-electron chi connectivity index (χ3n) is 2.49. The van der Waals surface area contributed by atoms with Crippen LogP contribution in [-0.4, -0.2) is 16.8 Å². The summed E-state index contributed by atoms with van der Waals surface area (Å²) < 4.78 is 5.16. The molecule has 0 saturated heterocycles. The molecule has 0 saturated carbocycles. The average Bonchev–Trinajstić information content (AvgIpc) is 2.12. The fraction of sp³-hybridized carbons (Fsp3) is 0.500. The van der Waals surface area contributed by atoms with Crippen molar-refractivity contribution in [3.63, 3.8) is 0 Å². The van der Waals surface area contributed by atoms with Crippen molar-refractivity contribution in [3.8, 4) is 5.75 Å². The number of hydrogen-bond acceptors (Lipinski definition) is 3. The maximum Gasteiger partial charge on any atom is 0.407 e. The summed E-state index contributed by atoms with van der Waals surface area (Å²) in [4.78, 5) is 11.5. The largest absolute Gasteiger partial charge is 0.508 e. The van der Waals surface area contributed by atoms with E-state index < -0.39 is 11.7 Å². The molecule has 1 aromatic carbocycles. The Kier molecular flexibility index (Phi) is 4.22. The molecule has 2 N–H and O–H groups in total. The summed E-state index contributed by atoms with van der Waals surface area (Å²) in [6.07, 6.45) is -0.436. The van der Waals surface area contributed by atoms with E-state index in [2.05, 4.69) is 5.32 Å². The predicted molar refractivity (Wildman–Crippen MR) is 70.7 cm³/mol. The van der Waals surface area contributed by atoms with E-state index in [0.29, 0.717) is 6.54 Å². The van der Waals surface area contributed by atoms with Crippen LogP contribution in [0.1, 0.15) is 37.5 Å². The van der Waals surface area contributed by atoms with Gasteiger partial charge >= 0.3 is 6.09 Å². The first-order valence-corrected chi connectivity index (χ1v) is 5.95. The Hall–Kier alpha value is -1.71. The third-order valence-corrected chi connectivity index (χ3v) is 2.49. The minimum Gasteiger partial charge on any atom is -0.508 e. The van der Waals surface area contributed by atoms with E-state index in [1.807, 2.05) is 34.6 Å². The average molecular weight is 251 g/mol. The Balaban J connectivity index is 2.67. The number of carbonyl (C=O) groups is 1. The van der Waals surface area contributed by atoms with Crippen LogP contribution in [0.2, 0.25) is 0 Å². The van der Waals surface area contributed by atoms with E-state index in [0.717, 1.165) is 16.7 Å². The lowest BCUT2D eigenvalue weighted by molar-refractivity contribution is 0.0523. The highest BCUT2D eigenvalue weighted by molar-refractivity contribution is 5.67. The van der Waals surface area contributed by atoms with Gasteiger partial charge in [0, 0.05) is 6.54 Å². The smallest absolute Gasteiger partial charge is 0.407 e. The number of rotatable bonds is 2. The molecule has 4 nitrogen and oxygen atoms in total. The molecule has 0 aromatic heterocycles. The number of ether oxygens (including phenoxy) is 1. The number of aryl methyl sites for hydroxylation is 2. The maximum absolute atomic E-state index is 11.5. The molecule has 0 atom stereocenters. The summed E-state index contributed by atoms with van der Waals surface area (Å²) in [6, 6.07) is 3.36. The van der Waals surface area contributed by atoms with Crippen LogP contribution in [0.15, 0.2) is 12.1 Å². The number of amides is 1. The Morgan fingerprint density at radius 2 is 1.78 bits per heavy atom. The predicted octanol–water partition coefficient (Wildman–Crippen LogP) is 3.03. The number of carbonyl (C=O) groups excluding carboxylic acids is 1. The minimum absolute atomic E-state index is 0.242. The van der Waals surface area contributed by atoms with Gasteiger partial charge in [-0.2, -0.15) is 0 Å². The standard InChI is InChI=1S/C14H21NO3/c1-9-6-11(16)7-10(2)12(9)8-15-13(17)18-14(3,4)5/h6-7,16H,8H2,1-5H3,(H,15,17). The van der Waals surface area contributed by atoms with Gasteiger partial charge < -0.3 is 15.2 Å². The summed E-state index contributed by atoms with van der Waals surface area (Å²) in [7, 11) is 0. The van der Waals surface area contributed by atoms with Crippen LogP contribution in [0.4, 0.5) is 4.79 Å². The summed E-state index contributed by atoms with van der Waals surface area (Å²) >= 11 is 0. The topological polar surface area (TPSA) is 58.6 Å². The van der Waals surface area contributed by atoms with Crippen molar-refractivity contribution < 1.29 is 14.6 Å². The van der Waals surface area contributed by atoms with Crippen molar-refractivity contribution in [1.82, 2.24) is 5.32 Å². The van der Waals surface area contributed by atoms with Gasteiger partial charge in [0.05, 0.1) is 0 Å². The number of phenolic OH excluding ortho intramolecular Hbond substituents is 1. The molecular formula is C14H21NO3. The zero-order valence-corrected chi connectivity index (χ0v) is 11.6. The molecule has 0 bridgehead atoms. The van der Waals surface area contributed by atoms with Crippen molar-refractivity contribution >= 4 is 6.09 Å². The van der Waals surface area contributed by atoms with Crippen LogP contribution >= 0.6 is 0 Å². The highest BCUT2D eigenvalue weighted by Crippen LogP contribution is 2.20. The number of aromatic hydroxyl groups is 1. The van der Waals surface area contributed by atoms with Gasteiger partial charge in [-0.3, -0.25) is 0 Å². The van der Waals surface area contributed by atoms with E-state index in [4.69, 9.17) is 4.74 Å². The molecule has 1 aromatic rings. The molecule has 0 aliphatic carbocycles. The summed E-state index contributed by atoms with van der Waals surface area (Å²) in [5.74, 6) is 0.242. The van der Waals surface area contributed by atoms with E-state index >= 15 is 0 Å². The molecular weight excluding hydrogens is 230 g/mol. The molecule has 4 heteroatoms. The second-order valence-electron chi connectivity index (χ2n) is 5.41. The summed E-state index contributed by atoms with van der Waals surface area (Å²) in [5.41, 5.74) is 2.40. The lowest BCUT2D eigenvalue weighted by atomic mass is 10.0. The van der Waals surface area contributed by atoms with Crippen LogP contribution in [0.5, 0.6) is 5.75 Å². The van der Waals surface area contributed by atoms with E-state index in [1.54, 1.807) is 12.1 Å². The number of nitrogens with one attached hydrogen (secondary N) is 1. The number of benzene rings is 1. The Morgan fingerprint density at radius 3 is 2.22 bits per heavy atom. The van der Waals surface area contributed by atoms with Crippen LogP contribution < -0.4 is 5.32 Å². The van der Waals surface area contributed by atoms with Crippen LogP contribution in [0, 0.1) is 13.8 Å². The number of phenols is 1. The fourth-order valence-corrected chi connectivity index (χ4v) is 1.72. The van der Waals surface area contributed by atoms with Crippen molar-refractivity contribution in [2.45, 2.75) is 46.8 Å². The number of hydrogen-bond donors (Lipinski definition) is 2. The molecule has 0 radical (unpaired) electrons. The Bertz CT molecular complexity index is 424. The first kappa shape index (κ1) is 14.4. The quantitative estimate of drug-likeness (QED) is 0.849. The third kappa shape index (κ3) is 4.28. The first-order valence-electron chi connectivity index (χ1n) is 5.95. The van der Waals surface area contributed by atoms with Crippen molar-refractivity contribution in [1.29, 1.82) is 0 Å². The second kappa shape index (κ2) is 5.29. The summed E-state index contributed by atoms with van der Waals surface area (Å²) in [6.45, 7) is 9.67. The summed E-state index contributed by atoms with van der Waals surface area (Å²) in [5, 5.41) is 12.2. The molecule has 0 heterocycles. The van der Waals surface area contributed by atoms with Gasteiger partial charge in [0.25, 0.3) is 0 Å². The first-order chi connectivity index (χ1) is 8.19. The zero-order chi connectivity index (χ0) is 13.9. The second-order valence-corrected chi connectivity index (χ2v) is 5.41. The minimum atomic E-state index is -0.497. The van der Waals surface area contributed by atoms with Gasteiger partial charge in [0.15, 0.2) is 0 Å². The lowest BCUT2D eigenvalue weighted by Gasteiger charge is -2.20. The van der Waals surface area contributed by atoms with Gasteiger partial charge in [-0.25, -0.2) is 4.79 Å². The molecule has 0 fully saturated rings. The normalized spacial score (nSPS) is 11.2.